The summed E-state index contributed by atoms with van der Waals surface area (Å²) in [5.41, 5.74) is 10.3. The third kappa shape index (κ3) is 3.27. The summed E-state index contributed by atoms with van der Waals surface area (Å²) in [6.45, 7) is 1.48. The summed E-state index contributed by atoms with van der Waals surface area (Å²) in [5.74, 6) is -1.21. The molecule has 0 spiro atoms. The molecule has 4 rings (SSSR count). The molecule has 1 aromatic heterocycles. The van der Waals surface area contributed by atoms with E-state index < -0.39 is 18.0 Å². The molecule has 0 fully saturated rings. The number of aromatic nitrogens is 1. The second kappa shape index (κ2) is 7.27. The van der Waals surface area contributed by atoms with Crippen molar-refractivity contribution in [3.05, 3.63) is 77.0 Å². The quantitative estimate of drug-likeness (QED) is 0.707. The number of esters is 1. The number of para-hydroxylation sites is 1. The van der Waals surface area contributed by atoms with Gasteiger partial charge in [-0.15, -0.1) is 0 Å². The molecule has 0 saturated heterocycles. The molecule has 0 bridgehead atoms. The van der Waals surface area contributed by atoms with E-state index in [4.69, 9.17) is 15.5 Å². The van der Waals surface area contributed by atoms with Crippen molar-refractivity contribution in [3.8, 4) is 0 Å². The molecule has 0 unspecified atom stereocenters. The standard InChI is InChI=1S/C23H20N2O3/c1-14(22(24)26)28-23(27)20-17-9-5-6-10-19(17)25-21-16(11-12-18(20)21)13-15-7-3-2-4-8-15/h2-10,13-14H,11-12H2,1H3,(H2,24,26)/b16-13+/t14-/m0/s1. The lowest BCUT2D eigenvalue weighted by Crippen LogP contribution is -2.30. The number of primary amides is 1. The Balaban J connectivity index is 1.85. The maximum Gasteiger partial charge on any atom is 0.339 e. The van der Waals surface area contributed by atoms with Crippen LogP contribution in [-0.2, 0) is 16.0 Å². The number of nitrogens with zero attached hydrogens (tertiary/aromatic N) is 1. The Hall–Kier alpha value is -3.47. The van der Waals surface area contributed by atoms with Crippen LogP contribution in [-0.4, -0.2) is 23.0 Å². The summed E-state index contributed by atoms with van der Waals surface area (Å²) in [6, 6.07) is 17.5. The smallest absolute Gasteiger partial charge is 0.339 e. The highest BCUT2D eigenvalue weighted by atomic mass is 16.5. The summed E-state index contributed by atoms with van der Waals surface area (Å²) in [5, 5.41) is 0.726. The Morgan fingerprint density at radius 1 is 1.07 bits per heavy atom. The highest BCUT2D eigenvalue weighted by Crippen LogP contribution is 2.37. The summed E-state index contributed by atoms with van der Waals surface area (Å²) in [7, 11) is 0. The maximum absolute atomic E-state index is 12.9. The van der Waals surface area contributed by atoms with Crippen LogP contribution in [0.5, 0.6) is 0 Å². The van der Waals surface area contributed by atoms with Crippen LogP contribution >= 0.6 is 0 Å². The fourth-order valence-electron chi connectivity index (χ4n) is 3.54. The molecule has 3 aromatic rings. The van der Waals surface area contributed by atoms with Gasteiger partial charge in [0, 0.05) is 5.39 Å². The van der Waals surface area contributed by atoms with Crippen molar-refractivity contribution in [3.63, 3.8) is 0 Å². The SMILES string of the molecule is C[C@H](OC(=O)c1c2c(nc3ccccc13)/C(=C/c1ccccc1)CC2)C(N)=O. The van der Waals surface area contributed by atoms with Gasteiger partial charge in [-0.1, -0.05) is 48.5 Å². The van der Waals surface area contributed by atoms with Crippen LogP contribution in [0.4, 0.5) is 0 Å². The molecular formula is C23H20N2O3. The van der Waals surface area contributed by atoms with Crippen LogP contribution in [0.3, 0.4) is 0 Å². The van der Waals surface area contributed by atoms with E-state index >= 15 is 0 Å². The average molecular weight is 372 g/mol. The molecule has 5 heteroatoms. The van der Waals surface area contributed by atoms with Gasteiger partial charge in [-0.25, -0.2) is 9.78 Å². The van der Waals surface area contributed by atoms with Crippen molar-refractivity contribution in [2.75, 3.05) is 0 Å². The number of nitrogens with two attached hydrogens (primary N) is 1. The first kappa shape index (κ1) is 17.9. The molecule has 2 N–H and O–H groups in total. The van der Waals surface area contributed by atoms with E-state index in [9.17, 15) is 9.59 Å². The second-order valence-corrected chi connectivity index (χ2v) is 6.86. The third-order valence-electron chi connectivity index (χ3n) is 4.97. The van der Waals surface area contributed by atoms with Crippen molar-refractivity contribution < 1.29 is 14.3 Å². The van der Waals surface area contributed by atoms with Gasteiger partial charge in [0.2, 0.25) is 0 Å². The average Bonchev–Trinajstić information content (AvgIpc) is 3.08. The Bertz CT molecular complexity index is 1100. The number of allylic oxidation sites excluding steroid dienone is 1. The van der Waals surface area contributed by atoms with Crippen molar-refractivity contribution in [1.29, 1.82) is 0 Å². The first-order chi connectivity index (χ1) is 13.5. The van der Waals surface area contributed by atoms with Crippen LogP contribution in [0.15, 0.2) is 54.6 Å². The number of carbonyl (C=O) groups is 2. The molecule has 1 atom stereocenters. The molecule has 1 amide bonds. The molecule has 0 saturated carbocycles. The number of fused-ring (bicyclic) bond motifs is 2. The molecular weight excluding hydrogens is 352 g/mol. The van der Waals surface area contributed by atoms with E-state index in [1.807, 2.05) is 54.6 Å². The van der Waals surface area contributed by atoms with Crippen molar-refractivity contribution in [2.24, 2.45) is 5.73 Å². The van der Waals surface area contributed by atoms with E-state index in [1.54, 1.807) is 0 Å². The maximum atomic E-state index is 12.9. The zero-order valence-electron chi connectivity index (χ0n) is 15.5. The minimum Gasteiger partial charge on any atom is -0.449 e. The normalized spacial score (nSPS) is 15.4. The van der Waals surface area contributed by atoms with Gasteiger partial charge < -0.3 is 10.5 Å². The molecule has 28 heavy (non-hydrogen) atoms. The van der Waals surface area contributed by atoms with Crippen LogP contribution < -0.4 is 5.73 Å². The molecule has 0 radical (unpaired) electrons. The Morgan fingerprint density at radius 3 is 2.54 bits per heavy atom. The summed E-state index contributed by atoms with van der Waals surface area (Å²) >= 11 is 0. The first-order valence-electron chi connectivity index (χ1n) is 9.22. The molecule has 1 aliphatic rings. The molecule has 2 aromatic carbocycles. The Labute approximate surface area is 162 Å². The van der Waals surface area contributed by atoms with Gasteiger partial charge in [-0.3, -0.25) is 4.79 Å². The number of carbonyl (C=O) groups excluding carboxylic acids is 2. The van der Waals surface area contributed by atoms with E-state index in [-0.39, 0.29) is 0 Å². The lowest BCUT2D eigenvalue weighted by molar-refractivity contribution is -0.125. The lowest BCUT2D eigenvalue weighted by atomic mass is 10.0. The van der Waals surface area contributed by atoms with Gasteiger partial charge in [0.1, 0.15) is 0 Å². The Morgan fingerprint density at radius 2 is 1.79 bits per heavy atom. The summed E-state index contributed by atoms with van der Waals surface area (Å²) in [4.78, 5) is 29.1. The van der Waals surface area contributed by atoms with Gasteiger partial charge in [-0.05, 0) is 48.6 Å². The van der Waals surface area contributed by atoms with Gasteiger partial charge >= 0.3 is 5.97 Å². The number of pyridine rings is 1. The number of hydrogen-bond donors (Lipinski definition) is 1. The van der Waals surface area contributed by atoms with Gasteiger partial charge in [-0.2, -0.15) is 0 Å². The zero-order chi connectivity index (χ0) is 19.7. The summed E-state index contributed by atoms with van der Waals surface area (Å²) < 4.78 is 5.32. The topological polar surface area (TPSA) is 82.3 Å². The largest absolute Gasteiger partial charge is 0.449 e. The highest BCUT2D eigenvalue weighted by molar-refractivity contribution is 6.07. The number of rotatable bonds is 4. The van der Waals surface area contributed by atoms with Crippen molar-refractivity contribution in [1.82, 2.24) is 4.98 Å². The van der Waals surface area contributed by atoms with Crippen LogP contribution in [0.2, 0.25) is 0 Å². The van der Waals surface area contributed by atoms with Crippen molar-refractivity contribution in [2.45, 2.75) is 25.9 Å². The third-order valence-corrected chi connectivity index (χ3v) is 4.97. The number of amides is 1. The van der Waals surface area contributed by atoms with Gasteiger partial charge in [0.05, 0.1) is 16.8 Å². The number of ether oxygens (including phenoxy) is 1. The van der Waals surface area contributed by atoms with Crippen LogP contribution in [0.1, 0.15) is 40.5 Å². The number of hydrogen-bond acceptors (Lipinski definition) is 4. The molecule has 1 heterocycles. The van der Waals surface area contributed by atoms with E-state index in [1.165, 1.54) is 6.92 Å². The van der Waals surface area contributed by atoms with E-state index in [0.29, 0.717) is 12.0 Å². The first-order valence-corrected chi connectivity index (χ1v) is 9.22. The van der Waals surface area contributed by atoms with Crippen molar-refractivity contribution >= 4 is 34.4 Å². The monoisotopic (exact) mass is 372 g/mol. The van der Waals surface area contributed by atoms with Gasteiger partial charge in [0.15, 0.2) is 6.10 Å². The second-order valence-electron chi connectivity index (χ2n) is 6.86. The predicted molar refractivity (Wildman–Crippen MR) is 108 cm³/mol. The fourth-order valence-corrected chi connectivity index (χ4v) is 3.54. The highest BCUT2D eigenvalue weighted by Gasteiger charge is 2.28. The summed E-state index contributed by atoms with van der Waals surface area (Å²) in [6.07, 6.45) is 2.60. The molecule has 5 nitrogen and oxygen atoms in total. The molecule has 0 aliphatic heterocycles. The molecule has 140 valence electrons. The minimum absolute atomic E-state index is 0.477. The van der Waals surface area contributed by atoms with Gasteiger partial charge in [0.25, 0.3) is 5.91 Å². The van der Waals surface area contributed by atoms with E-state index in [2.05, 4.69) is 6.08 Å². The lowest BCUT2D eigenvalue weighted by Gasteiger charge is -2.14. The predicted octanol–water partition coefficient (Wildman–Crippen LogP) is 3.75. The number of benzene rings is 2. The van der Waals surface area contributed by atoms with E-state index in [0.717, 1.165) is 39.7 Å². The van der Waals surface area contributed by atoms with Crippen LogP contribution in [0.25, 0.3) is 22.6 Å². The minimum atomic E-state index is -0.990. The molecule has 1 aliphatic carbocycles. The Kier molecular flexibility index (Phi) is 4.65. The fraction of sp³-hybridized carbons (Fsp3) is 0.174. The zero-order valence-corrected chi connectivity index (χ0v) is 15.5. The van der Waals surface area contributed by atoms with Crippen LogP contribution in [0, 0.1) is 0 Å².